The first-order valence-electron chi connectivity index (χ1n) is 8.93. The van der Waals surface area contributed by atoms with Gasteiger partial charge in [-0.3, -0.25) is 4.79 Å². The van der Waals surface area contributed by atoms with Crippen molar-refractivity contribution in [2.75, 3.05) is 13.7 Å². The number of hydrogen-bond acceptors (Lipinski definition) is 6. The van der Waals surface area contributed by atoms with Crippen molar-refractivity contribution in [1.29, 1.82) is 0 Å². The van der Waals surface area contributed by atoms with E-state index in [4.69, 9.17) is 9.47 Å². The molecule has 0 radical (unpaired) electrons. The molecule has 3 rings (SSSR count). The summed E-state index contributed by atoms with van der Waals surface area (Å²) in [5.74, 6) is -1.27. The predicted octanol–water partition coefficient (Wildman–Crippen LogP) is 3.44. The Kier molecular flexibility index (Phi) is 6.48. The average Bonchev–Trinajstić information content (AvgIpc) is 3.20. The van der Waals surface area contributed by atoms with Gasteiger partial charge in [-0.2, -0.15) is 10.1 Å². The molecule has 1 aromatic heterocycles. The van der Waals surface area contributed by atoms with Crippen molar-refractivity contribution in [2.24, 2.45) is 5.10 Å². The van der Waals surface area contributed by atoms with Crippen LogP contribution >= 0.6 is 0 Å². The molecule has 2 heterocycles. The Labute approximate surface area is 166 Å². The minimum atomic E-state index is -0.690. The second kappa shape index (κ2) is 9.22. The van der Waals surface area contributed by atoms with E-state index in [9.17, 15) is 13.6 Å². The second-order valence-corrected chi connectivity index (χ2v) is 6.41. The van der Waals surface area contributed by atoms with Crippen LogP contribution in [0.3, 0.4) is 0 Å². The Bertz CT molecular complexity index is 915. The zero-order valence-corrected chi connectivity index (χ0v) is 15.8. The lowest BCUT2D eigenvalue weighted by Gasteiger charge is -2.22. The first kappa shape index (κ1) is 20.4. The molecule has 1 aliphatic heterocycles. The van der Waals surface area contributed by atoms with Crippen LogP contribution in [0, 0.1) is 11.6 Å². The smallest absolute Gasteiger partial charge is 0.319 e. The van der Waals surface area contributed by atoms with Gasteiger partial charge in [0.15, 0.2) is 0 Å². The number of amides is 1. The zero-order valence-electron chi connectivity index (χ0n) is 15.8. The van der Waals surface area contributed by atoms with Crippen molar-refractivity contribution in [1.82, 2.24) is 15.0 Å². The zero-order chi connectivity index (χ0) is 20.8. The van der Waals surface area contributed by atoms with Gasteiger partial charge in [0, 0.05) is 37.4 Å². The van der Waals surface area contributed by atoms with Crippen molar-refractivity contribution in [3.8, 4) is 11.9 Å². The largest absolute Gasteiger partial charge is 0.481 e. The number of hydrogen-bond donors (Lipinski definition) is 0. The van der Waals surface area contributed by atoms with Crippen LogP contribution in [0.5, 0.6) is 11.9 Å². The summed E-state index contributed by atoms with van der Waals surface area (Å²) in [5, 5.41) is 5.32. The molecule has 0 N–H and O–H groups in total. The van der Waals surface area contributed by atoms with Gasteiger partial charge in [0.05, 0.1) is 13.2 Å². The number of halogens is 2. The summed E-state index contributed by atoms with van der Waals surface area (Å²) in [6.07, 6.45) is 3.95. The van der Waals surface area contributed by atoms with Gasteiger partial charge in [0.1, 0.15) is 18.2 Å². The number of hydrazone groups is 1. The fraction of sp³-hybridized carbons (Fsp3) is 0.300. The van der Waals surface area contributed by atoms with Gasteiger partial charge in [0.2, 0.25) is 11.8 Å². The molecule has 29 heavy (non-hydrogen) atoms. The maximum atomic E-state index is 13.5. The van der Waals surface area contributed by atoms with E-state index in [-0.39, 0.29) is 24.9 Å². The Hall–Kier alpha value is -3.36. The molecule has 1 amide bonds. The van der Waals surface area contributed by atoms with E-state index in [1.165, 1.54) is 30.4 Å². The van der Waals surface area contributed by atoms with E-state index in [1.54, 1.807) is 12.3 Å². The molecule has 1 atom stereocenters. The van der Waals surface area contributed by atoms with Crippen LogP contribution in [-0.4, -0.2) is 40.8 Å². The number of rotatable bonds is 8. The topological polar surface area (TPSA) is 76.9 Å². The van der Waals surface area contributed by atoms with Crippen LogP contribution in [0.15, 0.2) is 47.7 Å². The summed E-state index contributed by atoms with van der Waals surface area (Å²) in [4.78, 5) is 20.6. The molecular formula is C20H20F2N4O3. The van der Waals surface area contributed by atoms with Crippen LogP contribution in [0.2, 0.25) is 0 Å². The third-order valence-electron chi connectivity index (χ3n) is 4.27. The molecule has 9 heteroatoms. The molecule has 0 bridgehead atoms. The highest BCUT2D eigenvalue weighted by Gasteiger charge is 2.28. The van der Waals surface area contributed by atoms with E-state index in [1.807, 2.05) is 0 Å². The van der Waals surface area contributed by atoms with Gasteiger partial charge >= 0.3 is 6.01 Å². The molecule has 1 aromatic carbocycles. The van der Waals surface area contributed by atoms with Gasteiger partial charge in [-0.1, -0.05) is 6.58 Å². The molecule has 0 spiro atoms. The lowest BCUT2D eigenvalue weighted by Crippen LogP contribution is -2.27. The molecule has 1 unspecified atom stereocenters. The van der Waals surface area contributed by atoms with Crippen molar-refractivity contribution in [3.05, 3.63) is 59.8 Å². The van der Waals surface area contributed by atoms with Crippen LogP contribution < -0.4 is 9.47 Å². The Morgan fingerprint density at radius 1 is 1.28 bits per heavy atom. The van der Waals surface area contributed by atoms with E-state index >= 15 is 0 Å². The van der Waals surface area contributed by atoms with Crippen LogP contribution in [0.4, 0.5) is 8.78 Å². The second-order valence-electron chi connectivity index (χ2n) is 6.41. The number of carbonyl (C=O) groups is 1. The maximum absolute atomic E-state index is 13.5. The molecule has 7 nitrogen and oxygen atoms in total. The maximum Gasteiger partial charge on any atom is 0.319 e. The van der Waals surface area contributed by atoms with Gasteiger partial charge < -0.3 is 9.47 Å². The van der Waals surface area contributed by atoms with Crippen molar-refractivity contribution in [3.63, 3.8) is 0 Å². The fourth-order valence-electron chi connectivity index (χ4n) is 2.84. The number of aromatic nitrogens is 2. The average molecular weight is 402 g/mol. The Balaban J connectivity index is 1.52. The monoisotopic (exact) mass is 402 g/mol. The minimum Gasteiger partial charge on any atom is -0.481 e. The van der Waals surface area contributed by atoms with Crippen molar-refractivity contribution >= 4 is 12.1 Å². The summed E-state index contributed by atoms with van der Waals surface area (Å²) in [6.45, 7) is 4.03. The molecular weight excluding hydrogens is 382 g/mol. The van der Waals surface area contributed by atoms with E-state index in [2.05, 4.69) is 21.6 Å². The highest BCUT2D eigenvalue weighted by Crippen LogP contribution is 2.30. The number of carbonyl (C=O) groups excluding carboxylic acids is 1. The van der Waals surface area contributed by atoms with Gasteiger partial charge in [0.25, 0.3) is 0 Å². The van der Waals surface area contributed by atoms with Gasteiger partial charge in [-0.15, -0.1) is 0 Å². The fourth-order valence-corrected chi connectivity index (χ4v) is 2.84. The number of nitrogens with zero attached hydrogens (tertiary/aromatic N) is 4. The third-order valence-corrected chi connectivity index (χ3v) is 4.27. The standard InChI is InChI=1S/C20H20F2N4O3/c1-13(12-29-20-23-7-6-18(25-20)28-2)3-4-19(27)26-17(5-8-24-26)14-9-15(21)11-16(22)10-14/h6-11,17H,1,3-5,12H2,2H3. The lowest BCUT2D eigenvalue weighted by atomic mass is 10.0. The Morgan fingerprint density at radius 2 is 2.03 bits per heavy atom. The Morgan fingerprint density at radius 3 is 2.76 bits per heavy atom. The highest BCUT2D eigenvalue weighted by molar-refractivity contribution is 5.80. The molecule has 0 saturated carbocycles. The van der Waals surface area contributed by atoms with E-state index < -0.39 is 17.7 Å². The van der Waals surface area contributed by atoms with E-state index in [0.717, 1.165) is 6.07 Å². The molecule has 2 aromatic rings. The first-order chi connectivity index (χ1) is 14.0. The SMILES string of the molecule is C=C(CCC(=O)N1N=CCC1c1cc(F)cc(F)c1)COc1nccc(OC)n1. The normalized spacial score (nSPS) is 15.4. The summed E-state index contributed by atoms with van der Waals surface area (Å²) < 4.78 is 37.5. The molecule has 1 aliphatic rings. The summed E-state index contributed by atoms with van der Waals surface area (Å²) in [6, 6.07) is 4.43. The van der Waals surface area contributed by atoms with Gasteiger partial charge in [-0.25, -0.2) is 18.8 Å². The number of ether oxygens (including phenoxy) is 2. The van der Waals surface area contributed by atoms with E-state index in [0.29, 0.717) is 29.9 Å². The van der Waals surface area contributed by atoms with Crippen molar-refractivity contribution in [2.45, 2.75) is 25.3 Å². The summed E-state index contributed by atoms with van der Waals surface area (Å²) >= 11 is 0. The van der Waals surface area contributed by atoms with Crippen molar-refractivity contribution < 1.29 is 23.0 Å². The number of benzene rings is 1. The summed E-state index contributed by atoms with van der Waals surface area (Å²) in [5.41, 5.74) is 1.03. The first-order valence-corrected chi connectivity index (χ1v) is 8.93. The molecule has 0 fully saturated rings. The number of methoxy groups -OCH3 is 1. The lowest BCUT2D eigenvalue weighted by molar-refractivity contribution is -0.133. The molecule has 152 valence electrons. The molecule has 0 saturated heterocycles. The predicted molar refractivity (Wildman–Crippen MR) is 102 cm³/mol. The molecule has 0 aliphatic carbocycles. The van der Waals surface area contributed by atoms with Crippen LogP contribution in [0.25, 0.3) is 0 Å². The highest BCUT2D eigenvalue weighted by atomic mass is 19.1. The third kappa shape index (κ3) is 5.34. The quantitative estimate of drug-likeness (QED) is 0.632. The van der Waals surface area contributed by atoms with Gasteiger partial charge in [-0.05, 0) is 29.7 Å². The van der Waals surface area contributed by atoms with Crippen LogP contribution in [-0.2, 0) is 4.79 Å². The minimum absolute atomic E-state index is 0.132. The van der Waals surface area contributed by atoms with Crippen LogP contribution in [0.1, 0.15) is 30.9 Å². The summed E-state index contributed by atoms with van der Waals surface area (Å²) in [7, 11) is 1.49.